The van der Waals surface area contributed by atoms with Crippen molar-refractivity contribution in [3.8, 4) is 11.1 Å². The number of hydrogen-bond donors (Lipinski definition) is 2. The van der Waals surface area contributed by atoms with Gasteiger partial charge in [-0.2, -0.15) is 0 Å². The van der Waals surface area contributed by atoms with Crippen molar-refractivity contribution in [1.29, 1.82) is 0 Å². The molecule has 1 aliphatic carbocycles. The van der Waals surface area contributed by atoms with Gasteiger partial charge < -0.3 is 15.2 Å². The van der Waals surface area contributed by atoms with E-state index in [0.29, 0.717) is 10.7 Å². The lowest BCUT2D eigenvalue weighted by Gasteiger charge is -2.31. The maximum atomic E-state index is 13.3. The number of carboxylic acids is 1. The summed E-state index contributed by atoms with van der Waals surface area (Å²) in [5.41, 5.74) is 3.24. The van der Waals surface area contributed by atoms with Gasteiger partial charge in [-0.05, 0) is 54.3 Å². The third kappa shape index (κ3) is 5.15. The van der Waals surface area contributed by atoms with Crippen LogP contribution in [-0.4, -0.2) is 41.8 Å². The molecule has 3 aromatic rings. The van der Waals surface area contributed by atoms with E-state index in [-0.39, 0.29) is 12.5 Å². The Hall–Kier alpha value is -3.84. The first-order valence-corrected chi connectivity index (χ1v) is 11.5. The highest BCUT2D eigenvalue weighted by atomic mass is 35.5. The Bertz CT molecular complexity index is 1240. The SMILES string of the molecule is CC(C)(NC(=O)OCC1c2ccccc2-c2ccccc21)C(=O)N(CC(=O)O)c1cccc(Cl)c1. The largest absolute Gasteiger partial charge is 0.480 e. The summed E-state index contributed by atoms with van der Waals surface area (Å²) in [4.78, 5) is 38.5. The average molecular weight is 493 g/mol. The van der Waals surface area contributed by atoms with Gasteiger partial charge in [0, 0.05) is 16.6 Å². The molecule has 8 heteroatoms. The number of amides is 2. The van der Waals surface area contributed by atoms with Gasteiger partial charge in [0.2, 0.25) is 0 Å². The second-order valence-corrected chi connectivity index (χ2v) is 9.28. The van der Waals surface area contributed by atoms with Crippen molar-refractivity contribution in [2.24, 2.45) is 0 Å². The van der Waals surface area contributed by atoms with Crippen LogP contribution in [0, 0.1) is 0 Å². The van der Waals surface area contributed by atoms with Crippen molar-refractivity contribution < 1.29 is 24.2 Å². The Morgan fingerprint density at radius 1 is 0.971 bits per heavy atom. The van der Waals surface area contributed by atoms with Gasteiger partial charge in [0.25, 0.3) is 5.91 Å². The number of carbonyl (C=O) groups excluding carboxylic acids is 2. The van der Waals surface area contributed by atoms with Crippen LogP contribution in [0.4, 0.5) is 10.5 Å². The van der Waals surface area contributed by atoms with Crippen molar-refractivity contribution in [2.45, 2.75) is 25.3 Å². The monoisotopic (exact) mass is 492 g/mol. The summed E-state index contributed by atoms with van der Waals surface area (Å²) in [6.07, 6.45) is -0.772. The molecule has 0 unspecified atom stereocenters. The van der Waals surface area contributed by atoms with Crippen LogP contribution in [0.15, 0.2) is 72.8 Å². The molecule has 2 N–H and O–H groups in total. The van der Waals surface area contributed by atoms with Crippen LogP contribution in [0.25, 0.3) is 11.1 Å². The van der Waals surface area contributed by atoms with E-state index in [9.17, 15) is 19.5 Å². The van der Waals surface area contributed by atoms with E-state index in [4.69, 9.17) is 16.3 Å². The van der Waals surface area contributed by atoms with Gasteiger partial charge in [-0.15, -0.1) is 0 Å². The van der Waals surface area contributed by atoms with E-state index >= 15 is 0 Å². The first-order valence-electron chi connectivity index (χ1n) is 11.1. The lowest BCUT2D eigenvalue weighted by atomic mass is 9.98. The molecule has 0 saturated carbocycles. The molecule has 0 aliphatic heterocycles. The Labute approximate surface area is 208 Å². The van der Waals surface area contributed by atoms with Gasteiger partial charge in [-0.1, -0.05) is 66.2 Å². The van der Waals surface area contributed by atoms with Crippen LogP contribution >= 0.6 is 11.6 Å². The molecule has 1 aliphatic rings. The minimum atomic E-state index is -1.44. The smallest absolute Gasteiger partial charge is 0.408 e. The topological polar surface area (TPSA) is 95.9 Å². The average Bonchev–Trinajstić information content (AvgIpc) is 3.14. The number of carboxylic acid groups (broad SMARTS) is 1. The molecule has 0 spiro atoms. The van der Waals surface area contributed by atoms with Gasteiger partial charge in [-0.3, -0.25) is 14.5 Å². The van der Waals surface area contributed by atoms with Crippen LogP contribution in [-0.2, 0) is 14.3 Å². The first-order chi connectivity index (χ1) is 16.7. The summed E-state index contributed by atoms with van der Waals surface area (Å²) in [7, 11) is 0. The Kier molecular flexibility index (Phi) is 6.80. The second kappa shape index (κ2) is 9.80. The summed E-state index contributed by atoms with van der Waals surface area (Å²) in [5.74, 6) is -1.94. The van der Waals surface area contributed by atoms with Crippen molar-refractivity contribution in [1.82, 2.24) is 5.32 Å². The number of nitrogens with zero attached hydrogens (tertiary/aromatic N) is 1. The highest BCUT2D eigenvalue weighted by Crippen LogP contribution is 2.44. The first kappa shape index (κ1) is 24.3. The molecule has 0 heterocycles. The van der Waals surface area contributed by atoms with Crippen LogP contribution < -0.4 is 10.2 Å². The molecule has 7 nitrogen and oxygen atoms in total. The number of halogens is 1. The predicted octanol–water partition coefficient (Wildman–Crippen LogP) is 5.07. The number of hydrogen-bond acceptors (Lipinski definition) is 4. The van der Waals surface area contributed by atoms with E-state index in [1.54, 1.807) is 18.2 Å². The molecule has 35 heavy (non-hydrogen) atoms. The molecule has 0 aromatic heterocycles. The van der Waals surface area contributed by atoms with Crippen LogP contribution in [0.3, 0.4) is 0 Å². The van der Waals surface area contributed by atoms with E-state index in [1.165, 1.54) is 19.9 Å². The van der Waals surface area contributed by atoms with E-state index in [2.05, 4.69) is 5.32 Å². The lowest BCUT2D eigenvalue weighted by Crippen LogP contribution is -2.57. The molecule has 0 atom stereocenters. The molecular formula is C27H25ClN2O5. The van der Waals surface area contributed by atoms with E-state index < -0.39 is 30.1 Å². The standard InChI is InChI=1S/C27H25ClN2O5/c1-27(2,25(33)30(15-24(31)32)18-9-7-8-17(28)14-18)29-26(34)35-16-23-21-12-5-3-10-19(21)20-11-4-6-13-22(20)23/h3-14,23H,15-16H2,1-2H3,(H,29,34)(H,31,32). The number of carbonyl (C=O) groups is 3. The molecule has 2 amide bonds. The van der Waals surface area contributed by atoms with Gasteiger partial charge >= 0.3 is 12.1 Å². The Morgan fingerprint density at radius 3 is 2.14 bits per heavy atom. The molecular weight excluding hydrogens is 468 g/mol. The number of nitrogens with one attached hydrogen (secondary N) is 1. The molecule has 0 saturated heterocycles. The zero-order chi connectivity index (χ0) is 25.2. The Morgan fingerprint density at radius 2 is 1.57 bits per heavy atom. The highest BCUT2D eigenvalue weighted by Gasteiger charge is 2.36. The zero-order valence-electron chi connectivity index (χ0n) is 19.3. The third-order valence-corrected chi connectivity index (χ3v) is 6.19. The maximum absolute atomic E-state index is 13.3. The van der Waals surface area contributed by atoms with Gasteiger partial charge in [0.1, 0.15) is 18.7 Å². The number of benzene rings is 3. The summed E-state index contributed by atoms with van der Waals surface area (Å²) >= 11 is 6.03. The van der Waals surface area contributed by atoms with Crippen molar-refractivity contribution in [3.63, 3.8) is 0 Å². The van der Waals surface area contributed by atoms with Gasteiger partial charge in [-0.25, -0.2) is 4.79 Å². The fraction of sp³-hybridized carbons (Fsp3) is 0.222. The maximum Gasteiger partial charge on any atom is 0.408 e. The second-order valence-electron chi connectivity index (χ2n) is 8.84. The van der Waals surface area contributed by atoms with Gasteiger partial charge in [0.05, 0.1) is 0 Å². The summed E-state index contributed by atoms with van der Waals surface area (Å²) in [6.45, 7) is 2.50. The van der Waals surface area contributed by atoms with Crippen molar-refractivity contribution >= 4 is 35.3 Å². The molecule has 3 aromatic carbocycles. The van der Waals surface area contributed by atoms with E-state index in [1.807, 2.05) is 48.5 Å². The number of alkyl carbamates (subject to hydrolysis) is 1. The molecule has 0 radical (unpaired) electrons. The van der Waals surface area contributed by atoms with Crippen LogP contribution in [0.1, 0.15) is 30.9 Å². The molecule has 180 valence electrons. The summed E-state index contributed by atoms with van der Waals surface area (Å²) in [5, 5.41) is 12.3. The third-order valence-electron chi connectivity index (χ3n) is 5.95. The molecule has 0 fully saturated rings. The molecule has 0 bridgehead atoms. The van der Waals surface area contributed by atoms with Crippen LogP contribution in [0.2, 0.25) is 5.02 Å². The number of aliphatic carboxylic acids is 1. The van der Waals surface area contributed by atoms with E-state index in [0.717, 1.165) is 27.2 Å². The fourth-order valence-electron chi connectivity index (χ4n) is 4.34. The minimum Gasteiger partial charge on any atom is -0.480 e. The van der Waals surface area contributed by atoms with Gasteiger partial charge in [0.15, 0.2) is 0 Å². The minimum absolute atomic E-state index is 0.0945. The quantitative estimate of drug-likeness (QED) is 0.479. The van der Waals surface area contributed by atoms with Crippen molar-refractivity contribution in [2.75, 3.05) is 18.1 Å². The summed E-state index contributed by atoms with van der Waals surface area (Å²) < 4.78 is 5.55. The normalized spacial score (nSPS) is 12.4. The Balaban J connectivity index is 1.47. The number of fused-ring (bicyclic) bond motifs is 3. The van der Waals surface area contributed by atoms with Crippen LogP contribution in [0.5, 0.6) is 0 Å². The highest BCUT2D eigenvalue weighted by molar-refractivity contribution is 6.31. The number of ether oxygens (including phenoxy) is 1. The van der Waals surface area contributed by atoms with Crippen molar-refractivity contribution in [3.05, 3.63) is 88.9 Å². The zero-order valence-corrected chi connectivity index (χ0v) is 20.1. The fourth-order valence-corrected chi connectivity index (χ4v) is 4.52. The number of rotatable bonds is 7. The molecule has 4 rings (SSSR count). The summed E-state index contributed by atoms with van der Waals surface area (Å²) in [6, 6.07) is 22.3. The predicted molar refractivity (Wildman–Crippen MR) is 134 cm³/mol. The lowest BCUT2D eigenvalue weighted by molar-refractivity contribution is -0.137. The number of anilines is 1.